The van der Waals surface area contributed by atoms with Crippen molar-refractivity contribution in [3.63, 3.8) is 0 Å². The number of allylic oxidation sites excluding steroid dienone is 2. The molecule has 1 aliphatic carbocycles. The van der Waals surface area contributed by atoms with E-state index >= 15 is 0 Å². The Morgan fingerprint density at radius 3 is 1.97 bits per heavy atom. The average molecular weight is 424 g/mol. The van der Waals surface area contributed by atoms with Gasteiger partial charge >= 0.3 is 0 Å². The van der Waals surface area contributed by atoms with Gasteiger partial charge in [-0.1, -0.05) is 24.3 Å². The molecule has 0 radical (unpaired) electrons. The van der Waals surface area contributed by atoms with Gasteiger partial charge in [-0.15, -0.1) is 20.2 Å². The van der Waals surface area contributed by atoms with Crippen LogP contribution in [-0.4, -0.2) is 48.7 Å². The molecule has 0 N–H and O–H groups in total. The summed E-state index contributed by atoms with van der Waals surface area (Å²) in [5, 5.41) is 16.2. The normalized spacial score (nSPS) is 17.1. The van der Waals surface area contributed by atoms with Crippen molar-refractivity contribution in [1.29, 1.82) is 0 Å². The van der Waals surface area contributed by atoms with E-state index in [2.05, 4.69) is 9.68 Å². The van der Waals surface area contributed by atoms with Gasteiger partial charge in [0, 0.05) is 28.9 Å². The van der Waals surface area contributed by atoms with Crippen LogP contribution in [0.2, 0.25) is 0 Å². The van der Waals surface area contributed by atoms with Crippen molar-refractivity contribution >= 4 is 11.6 Å². The van der Waals surface area contributed by atoms with Crippen LogP contribution in [0, 0.1) is 20.2 Å². The van der Waals surface area contributed by atoms with Gasteiger partial charge in [0.2, 0.25) is 0 Å². The van der Waals surface area contributed by atoms with Crippen molar-refractivity contribution in [2.75, 3.05) is 20.8 Å². The molecule has 30 heavy (non-hydrogen) atoms. The van der Waals surface area contributed by atoms with Crippen LogP contribution in [0.3, 0.4) is 0 Å². The Morgan fingerprint density at radius 2 is 1.53 bits per heavy atom. The molecule has 1 atom stereocenters. The standard InChI is InChI=1S/C17H18O3.2CH3NO3/c1-11-13(9-8-12-5-4-10-20-12)17(19)15-7-3-2-6-14(15)16(11)18;2*1-5-2(3)4/h2-3,6-7,12H,4-5,8-10H2,1H3;2*1H3. The van der Waals surface area contributed by atoms with Gasteiger partial charge in [-0.2, -0.15) is 0 Å². The van der Waals surface area contributed by atoms with E-state index in [1.165, 1.54) is 0 Å². The SMILES string of the molecule is CC1=C(CCC2CCCO2)C(=O)c2ccccc2C1=O.CO[N+](=O)[O-].CO[N+](=O)[O-]. The van der Waals surface area contributed by atoms with Gasteiger partial charge in [0.15, 0.2) is 11.6 Å². The molecule has 0 saturated carbocycles. The molecule has 1 aromatic rings. The molecule has 164 valence electrons. The molecule has 3 rings (SSSR count). The Bertz CT molecular complexity index is 800. The van der Waals surface area contributed by atoms with Crippen LogP contribution < -0.4 is 0 Å². The summed E-state index contributed by atoms with van der Waals surface area (Å²) in [4.78, 5) is 49.7. The third kappa shape index (κ3) is 7.24. The summed E-state index contributed by atoms with van der Waals surface area (Å²) >= 11 is 0. The Balaban J connectivity index is 0.000000378. The lowest BCUT2D eigenvalue weighted by molar-refractivity contribution is -0.749. The molecular formula is C19H24N2O9. The number of fused-ring (bicyclic) bond motifs is 1. The van der Waals surface area contributed by atoms with Gasteiger partial charge in [-0.25, -0.2) is 0 Å². The van der Waals surface area contributed by atoms with Crippen LogP contribution in [0.1, 0.15) is 53.3 Å². The van der Waals surface area contributed by atoms with E-state index in [0.717, 1.165) is 40.1 Å². The second-order valence-electron chi connectivity index (χ2n) is 6.29. The highest BCUT2D eigenvalue weighted by molar-refractivity contribution is 6.26. The molecular weight excluding hydrogens is 400 g/mol. The summed E-state index contributed by atoms with van der Waals surface area (Å²) in [6.07, 6.45) is 3.86. The molecule has 1 aliphatic heterocycles. The maximum atomic E-state index is 12.5. The lowest BCUT2D eigenvalue weighted by Crippen LogP contribution is -2.21. The smallest absolute Gasteiger partial charge is 0.294 e. The fourth-order valence-electron chi connectivity index (χ4n) is 3.03. The number of carbonyl (C=O) groups excluding carboxylic acids is 2. The highest BCUT2D eigenvalue weighted by atomic mass is 16.9. The van der Waals surface area contributed by atoms with Crippen molar-refractivity contribution in [2.24, 2.45) is 0 Å². The van der Waals surface area contributed by atoms with E-state index in [0.29, 0.717) is 28.7 Å². The van der Waals surface area contributed by atoms with Crippen LogP contribution in [0.25, 0.3) is 0 Å². The molecule has 11 heteroatoms. The van der Waals surface area contributed by atoms with Crippen LogP contribution in [0.15, 0.2) is 35.4 Å². The minimum absolute atomic E-state index is 0.00990. The third-order valence-corrected chi connectivity index (χ3v) is 4.52. The monoisotopic (exact) mass is 424 g/mol. The summed E-state index contributed by atoms with van der Waals surface area (Å²) in [7, 11) is 2.00. The second-order valence-corrected chi connectivity index (χ2v) is 6.29. The number of hydrogen-bond donors (Lipinski definition) is 0. The first-order chi connectivity index (χ1) is 14.2. The predicted molar refractivity (Wildman–Crippen MR) is 104 cm³/mol. The van der Waals surface area contributed by atoms with Crippen molar-refractivity contribution in [2.45, 2.75) is 38.7 Å². The number of rotatable bonds is 5. The van der Waals surface area contributed by atoms with Crippen LogP contribution >= 0.6 is 0 Å². The number of ether oxygens (including phenoxy) is 1. The fraction of sp³-hybridized carbons (Fsp3) is 0.474. The Morgan fingerprint density at radius 1 is 1.03 bits per heavy atom. The van der Waals surface area contributed by atoms with Gasteiger partial charge in [0.05, 0.1) is 20.3 Å². The zero-order valence-electron chi connectivity index (χ0n) is 17.0. The maximum Gasteiger partial charge on any atom is 0.294 e. The van der Waals surface area contributed by atoms with E-state index in [4.69, 9.17) is 25.0 Å². The van der Waals surface area contributed by atoms with Crippen molar-refractivity contribution in [3.8, 4) is 0 Å². The minimum atomic E-state index is -0.875. The highest BCUT2D eigenvalue weighted by Crippen LogP contribution is 2.30. The van der Waals surface area contributed by atoms with Crippen LogP contribution in [0.5, 0.6) is 0 Å². The fourth-order valence-corrected chi connectivity index (χ4v) is 3.03. The van der Waals surface area contributed by atoms with Gasteiger partial charge < -0.3 is 14.4 Å². The van der Waals surface area contributed by atoms with Crippen LogP contribution in [-0.2, 0) is 14.4 Å². The maximum absolute atomic E-state index is 12.5. The highest BCUT2D eigenvalue weighted by Gasteiger charge is 2.29. The Hall–Kier alpha value is -3.34. The lowest BCUT2D eigenvalue weighted by atomic mass is 9.82. The number of Topliss-reactive ketones (excluding diaryl/α,β-unsaturated/α-hetero) is 2. The molecule has 2 aliphatic rings. The molecule has 0 amide bonds. The number of ketones is 2. The van der Waals surface area contributed by atoms with Crippen LogP contribution in [0.4, 0.5) is 0 Å². The van der Waals surface area contributed by atoms with Gasteiger partial charge in [0.25, 0.3) is 10.2 Å². The number of hydrogen-bond acceptors (Lipinski definition) is 9. The first-order valence-electron chi connectivity index (χ1n) is 9.09. The van der Waals surface area contributed by atoms with Gasteiger partial charge in [-0.05, 0) is 32.6 Å². The quantitative estimate of drug-likeness (QED) is 0.513. The van der Waals surface area contributed by atoms with E-state index in [1.54, 1.807) is 25.1 Å². The second kappa shape index (κ2) is 12.3. The average Bonchev–Trinajstić information content (AvgIpc) is 3.26. The zero-order valence-corrected chi connectivity index (χ0v) is 17.0. The van der Waals surface area contributed by atoms with E-state index in [-0.39, 0.29) is 17.7 Å². The molecule has 0 aromatic heterocycles. The van der Waals surface area contributed by atoms with E-state index in [1.807, 2.05) is 6.07 Å². The topological polar surface area (TPSA) is 148 Å². The summed E-state index contributed by atoms with van der Waals surface area (Å²) in [5.74, 6) is -0.00163. The summed E-state index contributed by atoms with van der Waals surface area (Å²) in [5.41, 5.74) is 2.36. The molecule has 1 unspecified atom stereocenters. The summed E-state index contributed by atoms with van der Waals surface area (Å²) in [6, 6.07) is 7.08. The molecule has 1 fully saturated rings. The molecule has 0 bridgehead atoms. The number of benzene rings is 1. The minimum Gasteiger partial charge on any atom is -0.378 e. The predicted octanol–water partition coefficient (Wildman–Crippen LogP) is 2.99. The molecule has 1 aromatic carbocycles. The summed E-state index contributed by atoms with van der Waals surface area (Å²) < 4.78 is 5.59. The Kier molecular flexibility index (Phi) is 10.1. The van der Waals surface area contributed by atoms with E-state index < -0.39 is 10.2 Å². The first-order valence-corrected chi connectivity index (χ1v) is 9.09. The van der Waals surface area contributed by atoms with E-state index in [9.17, 15) is 9.59 Å². The zero-order chi connectivity index (χ0) is 22.7. The number of nitrogens with zero attached hydrogens (tertiary/aromatic N) is 2. The van der Waals surface area contributed by atoms with Crippen molar-refractivity contribution < 1.29 is 34.2 Å². The van der Waals surface area contributed by atoms with Gasteiger partial charge in [-0.3, -0.25) is 9.59 Å². The largest absolute Gasteiger partial charge is 0.378 e. The first kappa shape index (κ1) is 24.7. The summed E-state index contributed by atoms with van der Waals surface area (Å²) in [6.45, 7) is 2.58. The molecule has 0 spiro atoms. The lowest BCUT2D eigenvalue weighted by Gasteiger charge is -2.20. The Labute approximate surface area is 172 Å². The van der Waals surface area contributed by atoms with Gasteiger partial charge in [0.1, 0.15) is 0 Å². The third-order valence-electron chi connectivity index (χ3n) is 4.52. The van der Waals surface area contributed by atoms with Crippen molar-refractivity contribution in [3.05, 3.63) is 66.8 Å². The molecule has 11 nitrogen and oxygen atoms in total. The number of carbonyl (C=O) groups is 2. The molecule has 1 saturated heterocycles. The van der Waals surface area contributed by atoms with Crippen molar-refractivity contribution in [1.82, 2.24) is 0 Å². The molecule has 1 heterocycles.